The summed E-state index contributed by atoms with van der Waals surface area (Å²) in [5.41, 5.74) is 2.62. The summed E-state index contributed by atoms with van der Waals surface area (Å²) in [4.78, 5) is 11.9. The molecule has 2 aliphatic rings. The average Bonchev–Trinajstić information content (AvgIpc) is 3.00. The molecule has 0 radical (unpaired) electrons. The minimum absolute atomic E-state index is 0.145. The smallest absolute Gasteiger partial charge is 0.275 e. The van der Waals surface area contributed by atoms with Crippen molar-refractivity contribution in [1.82, 2.24) is 5.43 Å². The number of aromatic hydroxyl groups is 1. The van der Waals surface area contributed by atoms with Crippen LogP contribution >= 0.6 is 11.6 Å². The van der Waals surface area contributed by atoms with E-state index in [4.69, 9.17) is 11.6 Å². The molecule has 1 saturated carbocycles. The molecule has 2 bridgehead atoms. The summed E-state index contributed by atoms with van der Waals surface area (Å²) in [7, 11) is 0. The molecule has 104 valence electrons. The molecule has 3 atom stereocenters. The molecule has 0 aromatic heterocycles. The maximum Gasteiger partial charge on any atom is 0.275 e. The van der Waals surface area contributed by atoms with E-state index in [1.165, 1.54) is 18.6 Å². The molecule has 2 aliphatic carbocycles. The minimum Gasteiger partial charge on any atom is -0.507 e. The van der Waals surface area contributed by atoms with Crippen LogP contribution in [0, 0.1) is 17.8 Å². The topological polar surface area (TPSA) is 61.7 Å². The van der Waals surface area contributed by atoms with Crippen LogP contribution < -0.4 is 5.43 Å². The fourth-order valence-electron chi connectivity index (χ4n) is 2.94. The number of rotatable bonds is 3. The van der Waals surface area contributed by atoms with Gasteiger partial charge in [0.2, 0.25) is 0 Å². The monoisotopic (exact) mass is 290 g/mol. The van der Waals surface area contributed by atoms with Crippen molar-refractivity contribution < 1.29 is 9.90 Å². The minimum atomic E-state index is -0.436. The number of phenolic OH excluding ortho intramolecular Hbond substituents is 1. The highest BCUT2D eigenvalue weighted by Gasteiger charge is 2.34. The van der Waals surface area contributed by atoms with E-state index in [-0.39, 0.29) is 11.3 Å². The highest BCUT2D eigenvalue weighted by molar-refractivity contribution is 6.30. The quantitative estimate of drug-likeness (QED) is 0.511. The molecule has 1 aromatic rings. The van der Waals surface area contributed by atoms with Gasteiger partial charge in [0.05, 0.1) is 5.56 Å². The van der Waals surface area contributed by atoms with Gasteiger partial charge in [0.25, 0.3) is 5.91 Å². The Morgan fingerprint density at radius 2 is 2.25 bits per heavy atom. The normalized spacial score (nSPS) is 27.4. The van der Waals surface area contributed by atoms with Crippen LogP contribution in [-0.2, 0) is 0 Å². The molecule has 0 saturated heterocycles. The lowest BCUT2D eigenvalue weighted by molar-refractivity contribution is 0.0952. The van der Waals surface area contributed by atoms with Gasteiger partial charge in [0, 0.05) is 17.2 Å². The highest BCUT2D eigenvalue weighted by Crippen LogP contribution is 2.42. The fraction of sp³-hybridized carbons (Fsp3) is 0.333. The van der Waals surface area contributed by atoms with E-state index in [2.05, 4.69) is 22.7 Å². The van der Waals surface area contributed by atoms with Crippen LogP contribution in [0.15, 0.2) is 35.5 Å². The number of carbonyl (C=O) groups is 1. The lowest BCUT2D eigenvalue weighted by Gasteiger charge is -2.12. The van der Waals surface area contributed by atoms with E-state index in [1.807, 2.05) is 0 Å². The van der Waals surface area contributed by atoms with Crippen LogP contribution in [0.5, 0.6) is 5.75 Å². The third kappa shape index (κ3) is 2.56. The van der Waals surface area contributed by atoms with Crippen molar-refractivity contribution in [2.75, 3.05) is 0 Å². The van der Waals surface area contributed by atoms with Crippen LogP contribution in [0.1, 0.15) is 23.2 Å². The average molecular weight is 291 g/mol. The van der Waals surface area contributed by atoms with Crippen LogP contribution in [0.2, 0.25) is 5.02 Å². The fourth-order valence-corrected chi connectivity index (χ4v) is 3.11. The summed E-state index contributed by atoms with van der Waals surface area (Å²) in [5, 5.41) is 14.0. The Balaban J connectivity index is 1.60. The first-order chi connectivity index (χ1) is 9.63. The second-order valence-corrected chi connectivity index (χ2v) is 5.76. The van der Waals surface area contributed by atoms with Gasteiger partial charge in [-0.15, -0.1) is 0 Å². The zero-order valence-electron chi connectivity index (χ0n) is 10.8. The molecule has 0 heterocycles. The van der Waals surface area contributed by atoms with Gasteiger partial charge in [0.1, 0.15) is 5.75 Å². The van der Waals surface area contributed by atoms with Gasteiger partial charge in [-0.25, -0.2) is 5.43 Å². The maximum absolute atomic E-state index is 11.9. The lowest BCUT2D eigenvalue weighted by atomic mass is 9.95. The van der Waals surface area contributed by atoms with Crippen LogP contribution in [0.4, 0.5) is 0 Å². The molecule has 5 heteroatoms. The Kier molecular flexibility index (Phi) is 3.49. The summed E-state index contributed by atoms with van der Waals surface area (Å²) >= 11 is 5.72. The Morgan fingerprint density at radius 1 is 1.40 bits per heavy atom. The number of hydrogen-bond acceptors (Lipinski definition) is 3. The van der Waals surface area contributed by atoms with Gasteiger partial charge < -0.3 is 5.11 Å². The van der Waals surface area contributed by atoms with E-state index < -0.39 is 5.91 Å². The summed E-state index contributed by atoms with van der Waals surface area (Å²) in [6.45, 7) is 0. The molecule has 4 nitrogen and oxygen atoms in total. The Labute approximate surface area is 122 Å². The Morgan fingerprint density at radius 3 is 2.90 bits per heavy atom. The molecule has 0 unspecified atom stereocenters. The van der Waals surface area contributed by atoms with Gasteiger partial charge in [-0.1, -0.05) is 23.8 Å². The number of phenols is 1. The van der Waals surface area contributed by atoms with E-state index in [0.717, 1.165) is 6.42 Å². The number of hydrazone groups is 1. The van der Waals surface area contributed by atoms with Crippen molar-refractivity contribution in [2.45, 2.75) is 12.8 Å². The third-order valence-corrected chi connectivity index (χ3v) is 4.20. The molecular weight excluding hydrogens is 276 g/mol. The number of nitrogens with one attached hydrogen (secondary N) is 1. The number of hydrogen-bond donors (Lipinski definition) is 2. The summed E-state index contributed by atoms with van der Waals surface area (Å²) in [5.74, 6) is 1.06. The molecule has 20 heavy (non-hydrogen) atoms. The molecular formula is C15H15ClN2O2. The molecule has 0 spiro atoms. The number of fused-ring (bicyclic) bond motifs is 2. The van der Waals surface area contributed by atoms with Gasteiger partial charge >= 0.3 is 0 Å². The number of halogens is 1. The van der Waals surface area contributed by atoms with Crippen LogP contribution in [-0.4, -0.2) is 17.2 Å². The van der Waals surface area contributed by atoms with Crippen molar-refractivity contribution in [3.63, 3.8) is 0 Å². The van der Waals surface area contributed by atoms with Crippen molar-refractivity contribution >= 4 is 23.7 Å². The second-order valence-electron chi connectivity index (χ2n) is 5.32. The first kappa shape index (κ1) is 13.2. The van der Waals surface area contributed by atoms with E-state index in [9.17, 15) is 9.90 Å². The van der Waals surface area contributed by atoms with Gasteiger partial charge in [-0.2, -0.15) is 5.10 Å². The van der Waals surface area contributed by atoms with Crippen molar-refractivity contribution in [1.29, 1.82) is 0 Å². The largest absolute Gasteiger partial charge is 0.507 e. The number of allylic oxidation sites excluding steroid dienone is 2. The summed E-state index contributed by atoms with van der Waals surface area (Å²) in [6.07, 6.45) is 8.60. The van der Waals surface area contributed by atoms with Crippen molar-refractivity contribution in [3.05, 3.63) is 40.9 Å². The zero-order valence-corrected chi connectivity index (χ0v) is 11.5. The lowest BCUT2D eigenvalue weighted by Crippen LogP contribution is -2.19. The van der Waals surface area contributed by atoms with Crippen LogP contribution in [0.3, 0.4) is 0 Å². The molecule has 3 rings (SSSR count). The number of nitrogens with zero attached hydrogens (tertiary/aromatic N) is 1. The molecule has 1 aromatic carbocycles. The predicted molar refractivity (Wildman–Crippen MR) is 77.9 cm³/mol. The zero-order chi connectivity index (χ0) is 14.1. The summed E-state index contributed by atoms with van der Waals surface area (Å²) in [6, 6.07) is 4.37. The van der Waals surface area contributed by atoms with E-state index in [0.29, 0.717) is 22.8 Å². The first-order valence-corrected chi connectivity index (χ1v) is 7.01. The predicted octanol–water partition coefficient (Wildman–Crippen LogP) is 2.97. The van der Waals surface area contributed by atoms with Gasteiger partial charge in [-0.3, -0.25) is 4.79 Å². The maximum atomic E-state index is 11.9. The SMILES string of the molecule is O=C(N/N=C\[C@@H]1C[C@@H]2C=C[C@H]1C2)c1ccc(Cl)cc1O. The highest BCUT2D eigenvalue weighted by atomic mass is 35.5. The first-order valence-electron chi connectivity index (χ1n) is 6.64. The number of amides is 1. The van der Waals surface area contributed by atoms with Crippen molar-refractivity contribution in [2.24, 2.45) is 22.9 Å². The summed E-state index contributed by atoms with van der Waals surface area (Å²) < 4.78 is 0. The standard InChI is InChI=1S/C15H15ClN2O2/c16-12-3-4-13(14(19)7-12)15(20)18-17-8-11-6-9-1-2-10(11)5-9/h1-4,7-11,19H,5-6H2,(H,18,20)/b17-8-/t9-,10+,11+/m1/s1. The van der Waals surface area contributed by atoms with E-state index in [1.54, 1.807) is 12.3 Å². The van der Waals surface area contributed by atoms with Crippen molar-refractivity contribution in [3.8, 4) is 5.75 Å². The molecule has 1 fully saturated rings. The Bertz CT molecular complexity index is 598. The van der Waals surface area contributed by atoms with E-state index >= 15 is 0 Å². The van der Waals surface area contributed by atoms with Gasteiger partial charge in [-0.05, 0) is 42.9 Å². The second kappa shape index (κ2) is 5.29. The third-order valence-electron chi connectivity index (χ3n) is 3.97. The number of carbonyl (C=O) groups excluding carboxylic acids is 1. The van der Waals surface area contributed by atoms with Gasteiger partial charge in [0.15, 0.2) is 0 Å². The molecule has 0 aliphatic heterocycles. The molecule has 2 N–H and O–H groups in total. The molecule has 1 amide bonds. The number of benzene rings is 1. The Hall–Kier alpha value is -1.81. The van der Waals surface area contributed by atoms with Crippen LogP contribution in [0.25, 0.3) is 0 Å².